The van der Waals surface area contributed by atoms with Crippen molar-refractivity contribution in [3.8, 4) is 0 Å². The second-order valence-corrected chi connectivity index (χ2v) is 6.48. The molecule has 2 aromatic rings. The largest absolute Gasteiger partial charge is 0.445 e. The van der Waals surface area contributed by atoms with Crippen LogP contribution in [-0.4, -0.2) is 17.7 Å². The lowest BCUT2D eigenvalue weighted by molar-refractivity contribution is -0.143. The second kappa shape index (κ2) is 8.32. The maximum absolute atomic E-state index is 13.0. The van der Waals surface area contributed by atoms with Gasteiger partial charge in [0.2, 0.25) is 0 Å². The number of carbonyl (C=O) groups excluding carboxylic acids is 1. The Morgan fingerprint density at radius 2 is 1.41 bits per heavy atom. The van der Waals surface area contributed by atoms with Gasteiger partial charge in [-0.25, -0.2) is 4.79 Å². The van der Waals surface area contributed by atoms with Crippen molar-refractivity contribution in [2.24, 2.45) is 0 Å². The van der Waals surface area contributed by atoms with E-state index in [9.17, 15) is 36.2 Å². The molecule has 0 spiro atoms. The van der Waals surface area contributed by atoms with Gasteiger partial charge in [0.05, 0.1) is 17.7 Å². The van der Waals surface area contributed by atoms with E-state index in [4.69, 9.17) is 4.74 Å². The van der Waals surface area contributed by atoms with Gasteiger partial charge in [-0.2, -0.15) is 26.3 Å². The third-order valence-electron chi connectivity index (χ3n) is 4.00. The highest BCUT2D eigenvalue weighted by molar-refractivity contribution is 5.67. The predicted octanol–water partition coefficient (Wildman–Crippen LogP) is 4.86. The maximum atomic E-state index is 13.0. The lowest BCUT2D eigenvalue weighted by atomic mass is 9.92. The van der Waals surface area contributed by atoms with Crippen LogP contribution in [-0.2, 0) is 29.3 Å². The van der Waals surface area contributed by atoms with Gasteiger partial charge in [0, 0.05) is 0 Å². The van der Waals surface area contributed by atoms with E-state index >= 15 is 0 Å². The lowest BCUT2D eigenvalue weighted by Crippen LogP contribution is -2.39. The van der Waals surface area contributed by atoms with E-state index in [0.29, 0.717) is 17.7 Å². The quantitative estimate of drug-likeness (QED) is 0.678. The molecule has 2 rings (SSSR count). The Kier molecular flexibility index (Phi) is 6.46. The fourth-order valence-corrected chi connectivity index (χ4v) is 2.39. The first-order valence-corrected chi connectivity index (χ1v) is 8.26. The minimum atomic E-state index is -5.05. The number of rotatable bonds is 5. The third kappa shape index (κ3) is 6.38. The lowest BCUT2D eigenvalue weighted by Gasteiger charge is -2.26. The molecular formula is C19H17F6NO3. The molecule has 0 aliphatic carbocycles. The standard InChI is InChI=1S/C19H17F6NO3/c1-17(28,11-26-16(27)29-10-12-5-3-2-4-6-12)13-7-14(18(20,21)22)9-15(8-13)19(23,24)25/h2-9,28H,10-11H2,1H3,(H,26,27)/t17-/m1/s1. The normalized spacial score (nSPS) is 14.2. The van der Waals surface area contributed by atoms with Crippen molar-refractivity contribution in [3.63, 3.8) is 0 Å². The summed E-state index contributed by atoms with van der Waals surface area (Å²) in [5.41, 5.74) is -5.32. The molecule has 0 aliphatic heterocycles. The molecule has 0 saturated heterocycles. The number of hydrogen-bond donors (Lipinski definition) is 2. The van der Waals surface area contributed by atoms with E-state index in [1.807, 2.05) is 0 Å². The molecule has 0 fully saturated rings. The van der Waals surface area contributed by atoms with Crippen LogP contribution in [0.15, 0.2) is 48.5 Å². The van der Waals surface area contributed by atoms with Crippen LogP contribution in [0.2, 0.25) is 0 Å². The van der Waals surface area contributed by atoms with Crippen LogP contribution in [0, 0.1) is 0 Å². The molecule has 2 aromatic carbocycles. The monoisotopic (exact) mass is 421 g/mol. The Balaban J connectivity index is 2.14. The summed E-state index contributed by atoms with van der Waals surface area (Å²) in [6, 6.07) is 9.33. The van der Waals surface area contributed by atoms with E-state index in [1.54, 1.807) is 30.3 Å². The molecule has 2 N–H and O–H groups in total. The van der Waals surface area contributed by atoms with Gasteiger partial charge in [0.1, 0.15) is 12.2 Å². The minimum absolute atomic E-state index is 0.0405. The Morgan fingerprint density at radius 1 is 0.931 bits per heavy atom. The Morgan fingerprint density at radius 3 is 1.90 bits per heavy atom. The van der Waals surface area contributed by atoms with E-state index in [1.165, 1.54) is 0 Å². The van der Waals surface area contributed by atoms with Crippen LogP contribution < -0.4 is 5.32 Å². The molecule has 0 saturated carbocycles. The van der Waals surface area contributed by atoms with Crippen LogP contribution in [0.4, 0.5) is 31.1 Å². The molecule has 10 heteroatoms. The van der Waals surface area contributed by atoms with Gasteiger partial charge in [0.25, 0.3) is 0 Å². The Labute approximate surface area is 162 Å². The number of carbonyl (C=O) groups is 1. The number of benzene rings is 2. The van der Waals surface area contributed by atoms with E-state index in [2.05, 4.69) is 5.32 Å². The summed E-state index contributed by atoms with van der Waals surface area (Å²) in [7, 11) is 0. The zero-order valence-corrected chi connectivity index (χ0v) is 15.1. The van der Waals surface area contributed by atoms with Crippen molar-refractivity contribution in [1.29, 1.82) is 0 Å². The molecular weight excluding hydrogens is 404 g/mol. The molecule has 4 nitrogen and oxygen atoms in total. The molecule has 0 aliphatic rings. The molecule has 158 valence electrons. The highest BCUT2D eigenvalue weighted by atomic mass is 19.4. The summed E-state index contributed by atoms with van der Waals surface area (Å²) in [6.07, 6.45) is -11.1. The number of amides is 1. The smallest absolute Gasteiger partial charge is 0.416 e. The zero-order valence-electron chi connectivity index (χ0n) is 15.1. The van der Waals surface area contributed by atoms with Gasteiger partial charge in [-0.15, -0.1) is 0 Å². The SMILES string of the molecule is C[C@@](O)(CNC(=O)OCc1ccccc1)c1cc(C(F)(F)F)cc(C(F)(F)F)c1. The van der Waals surface area contributed by atoms with Crippen LogP contribution in [0.5, 0.6) is 0 Å². The number of hydrogen-bond acceptors (Lipinski definition) is 3. The van der Waals surface area contributed by atoms with E-state index in [-0.39, 0.29) is 12.7 Å². The number of alkyl halides is 6. The Bertz CT molecular complexity index is 815. The fraction of sp³-hybridized carbons (Fsp3) is 0.316. The summed E-state index contributed by atoms with van der Waals surface area (Å²) < 4.78 is 82.7. The molecule has 0 unspecified atom stereocenters. The van der Waals surface area contributed by atoms with Crippen LogP contribution in [0.3, 0.4) is 0 Å². The van der Waals surface area contributed by atoms with Gasteiger partial charge in [-0.1, -0.05) is 30.3 Å². The average Bonchev–Trinajstić information content (AvgIpc) is 2.64. The Hall–Kier alpha value is -2.75. The molecule has 1 atom stereocenters. The van der Waals surface area contributed by atoms with Gasteiger partial charge in [0.15, 0.2) is 0 Å². The fourth-order valence-electron chi connectivity index (χ4n) is 2.39. The molecule has 0 heterocycles. The number of nitrogens with one attached hydrogen (secondary N) is 1. The first kappa shape index (κ1) is 22.5. The average molecular weight is 421 g/mol. The van der Waals surface area contributed by atoms with Crippen LogP contribution in [0.25, 0.3) is 0 Å². The van der Waals surface area contributed by atoms with Crippen molar-refractivity contribution < 1.29 is 41.0 Å². The van der Waals surface area contributed by atoms with Gasteiger partial charge in [-0.05, 0) is 36.2 Å². The van der Waals surface area contributed by atoms with Crippen molar-refractivity contribution in [2.75, 3.05) is 6.54 Å². The maximum Gasteiger partial charge on any atom is 0.416 e. The number of halogens is 6. The number of alkyl carbamates (subject to hydrolysis) is 1. The van der Waals surface area contributed by atoms with Crippen molar-refractivity contribution in [3.05, 3.63) is 70.8 Å². The molecule has 0 radical (unpaired) electrons. The van der Waals surface area contributed by atoms with E-state index in [0.717, 1.165) is 6.92 Å². The van der Waals surface area contributed by atoms with Gasteiger partial charge >= 0.3 is 18.4 Å². The van der Waals surface area contributed by atoms with Crippen LogP contribution >= 0.6 is 0 Å². The first-order valence-electron chi connectivity index (χ1n) is 8.26. The van der Waals surface area contributed by atoms with Crippen molar-refractivity contribution >= 4 is 6.09 Å². The summed E-state index contributed by atoms with van der Waals surface area (Å²) in [5, 5.41) is 12.5. The molecule has 1 amide bonds. The minimum Gasteiger partial charge on any atom is -0.445 e. The van der Waals surface area contributed by atoms with Crippen molar-refractivity contribution in [2.45, 2.75) is 31.5 Å². The highest BCUT2D eigenvalue weighted by Crippen LogP contribution is 2.38. The van der Waals surface area contributed by atoms with E-state index < -0.39 is 47.3 Å². The summed E-state index contributed by atoms with van der Waals surface area (Å²) in [6.45, 7) is 0.218. The predicted molar refractivity (Wildman–Crippen MR) is 90.6 cm³/mol. The summed E-state index contributed by atoms with van der Waals surface area (Å²) >= 11 is 0. The van der Waals surface area contributed by atoms with Gasteiger partial charge in [-0.3, -0.25) is 0 Å². The molecule has 0 bridgehead atoms. The molecule has 29 heavy (non-hydrogen) atoms. The zero-order chi connectivity index (χ0) is 21.9. The molecule has 0 aromatic heterocycles. The second-order valence-electron chi connectivity index (χ2n) is 6.48. The number of ether oxygens (including phenoxy) is 1. The van der Waals surface area contributed by atoms with Gasteiger partial charge < -0.3 is 15.2 Å². The number of aliphatic hydroxyl groups is 1. The first-order chi connectivity index (χ1) is 13.3. The topological polar surface area (TPSA) is 58.6 Å². The van der Waals surface area contributed by atoms with Crippen LogP contribution in [0.1, 0.15) is 29.2 Å². The summed E-state index contributed by atoms with van der Waals surface area (Å²) in [4.78, 5) is 11.7. The highest BCUT2D eigenvalue weighted by Gasteiger charge is 2.39. The van der Waals surface area contributed by atoms with Crippen molar-refractivity contribution in [1.82, 2.24) is 5.32 Å². The summed E-state index contributed by atoms with van der Waals surface area (Å²) in [5.74, 6) is 0. The third-order valence-corrected chi connectivity index (χ3v) is 4.00.